The Morgan fingerprint density at radius 3 is 2.50 bits per heavy atom. The Kier molecular flexibility index (Phi) is 7.73. The van der Waals surface area contributed by atoms with Crippen LogP contribution in [0.5, 0.6) is 5.75 Å². The highest BCUT2D eigenvalue weighted by Gasteiger charge is 2.14. The van der Waals surface area contributed by atoms with Gasteiger partial charge in [-0.3, -0.25) is 0 Å². The summed E-state index contributed by atoms with van der Waals surface area (Å²) in [7, 11) is 1.77. The van der Waals surface area contributed by atoms with Crippen LogP contribution in [0.3, 0.4) is 0 Å². The lowest BCUT2D eigenvalue weighted by Gasteiger charge is -2.11. The number of anilines is 2. The van der Waals surface area contributed by atoms with Crippen LogP contribution in [0.25, 0.3) is 11.3 Å². The topological polar surface area (TPSA) is 96.4 Å². The van der Waals surface area contributed by atoms with E-state index < -0.39 is 15.8 Å². The minimum Gasteiger partial charge on any atom is -0.497 e. The van der Waals surface area contributed by atoms with Crippen molar-refractivity contribution < 1.29 is 17.5 Å². The molecule has 32 heavy (non-hydrogen) atoms. The molecule has 8 nitrogen and oxygen atoms in total. The van der Waals surface area contributed by atoms with Crippen molar-refractivity contribution >= 4 is 21.7 Å². The van der Waals surface area contributed by atoms with Crippen LogP contribution >= 0.6 is 0 Å². The monoisotopic (exact) mass is 459 g/mol. The minimum atomic E-state index is -3.58. The summed E-state index contributed by atoms with van der Waals surface area (Å²) in [6, 6.07) is 12.4. The number of ether oxygens (including phenoxy) is 1. The lowest BCUT2D eigenvalue weighted by atomic mass is 10.1. The van der Waals surface area contributed by atoms with Gasteiger partial charge in [0.05, 0.1) is 17.7 Å². The molecule has 0 fully saturated rings. The van der Waals surface area contributed by atoms with Crippen molar-refractivity contribution in [2.24, 2.45) is 0 Å². The van der Waals surface area contributed by atoms with E-state index in [0.717, 1.165) is 6.54 Å². The molecular weight excluding hydrogens is 433 g/mol. The first-order valence-corrected chi connectivity index (χ1v) is 11.5. The quantitative estimate of drug-likeness (QED) is 0.449. The normalized spacial score (nSPS) is 11.5. The van der Waals surface area contributed by atoms with Crippen LogP contribution in [0.15, 0.2) is 59.6 Å². The predicted octanol–water partition coefficient (Wildman–Crippen LogP) is 3.26. The summed E-state index contributed by atoms with van der Waals surface area (Å²) >= 11 is 0. The molecule has 1 heterocycles. The number of benzene rings is 2. The van der Waals surface area contributed by atoms with Gasteiger partial charge in [0.25, 0.3) is 0 Å². The molecule has 1 aromatic heterocycles. The molecule has 0 radical (unpaired) electrons. The number of nitrogens with zero attached hydrogens (tertiary/aromatic N) is 3. The van der Waals surface area contributed by atoms with E-state index in [1.54, 1.807) is 30.3 Å². The molecule has 10 heteroatoms. The fraction of sp³-hybridized carbons (Fsp3) is 0.273. The van der Waals surface area contributed by atoms with E-state index >= 15 is 0 Å². The molecule has 2 aromatic carbocycles. The number of methoxy groups -OCH3 is 1. The molecule has 0 unspecified atom stereocenters. The molecule has 170 valence electrons. The highest BCUT2D eigenvalue weighted by Crippen LogP contribution is 2.26. The van der Waals surface area contributed by atoms with Crippen LogP contribution in [0, 0.1) is 5.82 Å². The van der Waals surface area contributed by atoms with Crippen LogP contribution in [0.4, 0.5) is 16.0 Å². The predicted molar refractivity (Wildman–Crippen MR) is 122 cm³/mol. The van der Waals surface area contributed by atoms with Gasteiger partial charge in [-0.2, -0.15) is 0 Å². The fourth-order valence-electron chi connectivity index (χ4n) is 2.93. The molecule has 0 saturated carbocycles. The number of halogens is 1. The van der Waals surface area contributed by atoms with E-state index in [4.69, 9.17) is 4.74 Å². The molecule has 0 spiro atoms. The smallest absolute Gasteiger partial charge is 0.240 e. The summed E-state index contributed by atoms with van der Waals surface area (Å²) in [5.74, 6) is 0.220. The van der Waals surface area contributed by atoms with Gasteiger partial charge >= 0.3 is 0 Å². The highest BCUT2D eigenvalue weighted by molar-refractivity contribution is 7.89. The molecule has 0 aliphatic heterocycles. The second-order valence-corrected chi connectivity index (χ2v) is 9.08. The lowest BCUT2D eigenvalue weighted by molar-refractivity contribution is 0.400. The maximum Gasteiger partial charge on any atom is 0.240 e. The van der Waals surface area contributed by atoms with E-state index in [2.05, 4.69) is 20.0 Å². The van der Waals surface area contributed by atoms with Crippen molar-refractivity contribution in [1.29, 1.82) is 0 Å². The maximum atomic E-state index is 14.4. The summed E-state index contributed by atoms with van der Waals surface area (Å²) in [4.78, 5) is 10.7. The van der Waals surface area contributed by atoms with E-state index in [0.29, 0.717) is 35.7 Å². The Labute approximate surface area is 187 Å². The van der Waals surface area contributed by atoms with E-state index in [1.807, 2.05) is 19.0 Å². The standard InChI is InChI=1S/C22H26FN5O3S/c1-28(2)14-4-12-25-32(29,30)18-8-5-16(6-9-18)26-22-24-13-11-21(27-22)19-10-7-17(31-3)15-20(19)23/h5-11,13,15,25H,4,12,14H2,1-3H3,(H,24,26,27). The van der Waals surface area contributed by atoms with Gasteiger partial charge < -0.3 is 15.0 Å². The number of aromatic nitrogens is 2. The SMILES string of the molecule is COc1ccc(-c2ccnc(Nc3ccc(S(=O)(=O)NCCCN(C)C)cc3)n2)c(F)c1. The zero-order chi connectivity index (χ0) is 23.1. The largest absolute Gasteiger partial charge is 0.497 e. The van der Waals surface area contributed by atoms with Crippen molar-refractivity contribution in [3.05, 3.63) is 60.5 Å². The van der Waals surface area contributed by atoms with E-state index in [9.17, 15) is 12.8 Å². The summed E-state index contributed by atoms with van der Waals surface area (Å²) in [5, 5.41) is 3.01. The Bertz CT molecular complexity index is 1150. The van der Waals surface area contributed by atoms with Gasteiger partial charge in [0.1, 0.15) is 11.6 Å². The molecule has 0 amide bonds. The second-order valence-electron chi connectivity index (χ2n) is 7.32. The molecule has 0 bridgehead atoms. The van der Waals surface area contributed by atoms with Gasteiger partial charge in [-0.25, -0.2) is 27.5 Å². The molecule has 0 atom stereocenters. The van der Waals surface area contributed by atoms with Gasteiger partial charge in [0.15, 0.2) is 0 Å². The minimum absolute atomic E-state index is 0.169. The zero-order valence-electron chi connectivity index (χ0n) is 18.2. The molecule has 3 aromatic rings. The molecule has 0 saturated heterocycles. The molecule has 0 aliphatic rings. The lowest BCUT2D eigenvalue weighted by Crippen LogP contribution is -2.27. The van der Waals surface area contributed by atoms with Crippen LogP contribution in [0.1, 0.15) is 6.42 Å². The first-order valence-electron chi connectivity index (χ1n) is 9.97. The van der Waals surface area contributed by atoms with Crippen molar-refractivity contribution in [3.63, 3.8) is 0 Å². The average molecular weight is 460 g/mol. The van der Waals surface area contributed by atoms with Crippen LogP contribution < -0.4 is 14.8 Å². The van der Waals surface area contributed by atoms with Crippen LogP contribution in [-0.2, 0) is 10.0 Å². The molecular formula is C22H26FN5O3S. The Balaban J connectivity index is 1.69. The van der Waals surface area contributed by atoms with Gasteiger partial charge in [0, 0.05) is 30.1 Å². The van der Waals surface area contributed by atoms with Crippen molar-refractivity contribution in [1.82, 2.24) is 19.6 Å². The third-order valence-electron chi connectivity index (χ3n) is 4.60. The van der Waals surface area contributed by atoms with E-state index in [-0.39, 0.29) is 10.8 Å². The molecule has 0 aliphatic carbocycles. The Morgan fingerprint density at radius 2 is 1.84 bits per heavy atom. The number of hydrogen-bond acceptors (Lipinski definition) is 7. The van der Waals surface area contributed by atoms with E-state index in [1.165, 1.54) is 31.5 Å². The summed E-state index contributed by atoms with van der Waals surface area (Å²) in [6.45, 7) is 1.16. The van der Waals surface area contributed by atoms with Crippen LogP contribution in [0.2, 0.25) is 0 Å². The molecule has 2 N–H and O–H groups in total. The zero-order valence-corrected chi connectivity index (χ0v) is 19.0. The number of rotatable bonds is 10. The number of sulfonamides is 1. The van der Waals surface area contributed by atoms with Crippen molar-refractivity contribution in [2.45, 2.75) is 11.3 Å². The summed E-state index contributed by atoms with van der Waals surface area (Å²) < 4.78 is 46.8. The Morgan fingerprint density at radius 1 is 1.09 bits per heavy atom. The van der Waals surface area contributed by atoms with Crippen molar-refractivity contribution in [2.75, 3.05) is 39.6 Å². The van der Waals surface area contributed by atoms with Crippen LogP contribution in [-0.4, -0.2) is 57.6 Å². The Hall–Kier alpha value is -3.08. The number of nitrogens with one attached hydrogen (secondary N) is 2. The third-order valence-corrected chi connectivity index (χ3v) is 6.08. The molecule has 3 rings (SSSR count). The van der Waals surface area contributed by atoms with Gasteiger partial charge in [0.2, 0.25) is 16.0 Å². The third kappa shape index (κ3) is 6.22. The fourth-order valence-corrected chi connectivity index (χ4v) is 4.01. The average Bonchev–Trinajstić information content (AvgIpc) is 2.77. The first kappa shape index (κ1) is 23.6. The number of hydrogen-bond donors (Lipinski definition) is 2. The maximum absolute atomic E-state index is 14.4. The summed E-state index contributed by atoms with van der Waals surface area (Å²) in [5.41, 5.74) is 1.32. The van der Waals surface area contributed by atoms with Gasteiger partial charge in [-0.05, 0) is 69.5 Å². The first-order chi connectivity index (χ1) is 15.3. The van der Waals surface area contributed by atoms with Gasteiger partial charge in [-0.15, -0.1) is 0 Å². The summed E-state index contributed by atoms with van der Waals surface area (Å²) in [6.07, 6.45) is 2.24. The van der Waals surface area contributed by atoms with Crippen molar-refractivity contribution in [3.8, 4) is 17.0 Å². The van der Waals surface area contributed by atoms with Gasteiger partial charge in [-0.1, -0.05) is 0 Å². The highest BCUT2D eigenvalue weighted by atomic mass is 32.2. The second kappa shape index (κ2) is 10.5.